The number of amides is 1. The highest BCUT2D eigenvalue weighted by Crippen LogP contribution is 2.49. The predicted molar refractivity (Wildman–Crippen MR) is 75.7 cm³/mol. The highest BCUT2D eigenvalue weighted by molar-refractivity contribution is 5.85. The fraction of sp³-hybridized carbons (Fsp3) is 0.500. The molecule has 3 nitrogen and oxygen atoms in total. The van der Waals surface area contributed by atoms with Crippen molar-refractivity contribution in [1.82, 2.24) is 5.32 Å². The van der Waals surface area contributed by atoms with Gasteiger partial charge in [-0.15, -0.1) is 12.4 Å². The molecule has 0 bridgehead atoms. The first-order valence-electron chi connectivity index (χ1n) is 6.30. The summed E-state index contributed by atoms with van der Waals surface area (Å²) in [7, 11) is 0. The number of hydrogen-bond donors (Lipinski definition) is 2. The van der Waals surface area contributed by atoms with Crippen LogP contribution in [0.15, 0.2) is 18.2 Å². The van der Waals surface area contributed by atoms with Crippen molar-refractivity contribution in [2.75, 3.05) is 6.54 Å². The van der Waals surface area contributed by atoms with E-state index in [2.05, 4.69) is 5.32 Å². The average Bonchev–Trinajstić information content (AvgIpc) is 3.05. The number of carbonyl (C=O) groups excluding carboxylic acids is 1. The van der Waals surface area contributed by atoms with Gasteiger partial charge >= 0.3 is 0 Å². The van der Waals surface area contributed by atoms with E-state index in [0.717, 1.165) is 0 Å². The summed E-state index contributed by atoms with van der Waals surface area (Å²) in [5.74, 6) is -2.07. The molecule has 1 aromatic carbocycles. The van der Waals surface area contributed by atoms with Crippen molar-refractivity contribution in [3.63, 3.8) is 0 Å². The fourth-order valence-corrected chi connectivity index (χ4v) is 2.11. The van der Waals surface area contributed by atoms with Gasteiger partial charge in [-0.25, -0.2) is 8.78 Å². The van der Waals surface area contributed by atoms with E-state index >= 15 is 0 Å². The van der Waals surface area contributed by atoms with Gasteiger partial charge in [-0.2, -0.15) is 0 Å². The van der Waals surface area contributed by atoms with E-state index in [-0.39, 0.29) is 35.7 Å². The van der Waals surface area contributed by atoms with Crippen LogP contribution in [-0.4, -0.2) is 18.0 Å². The Morgan fingerprint density at radius 2 is 1.95 bits per heavy atom. The van der Waals surface area contributed by atoms with Gasteiger partial charge in [0.25, 0.3) is 0 Å². The second kappa shape index (κ2) is 6.06. The van der Waals surface area contributed by atoms with Crippen LogP contribution >= 0.6 is 12.4 Å². The number of halogens is 3. The molecule has 1 aliphatic carbocycles. The van der Waals surface area contributed by atoms with Crippen LogP contribution in [0.3, 0.4) is 0 Å². The minimum Gasteiger partial charge on any atom is -0.354 e. The molecule has 2 atom stereocenters. The Morgan fingerprint density at radius 1 is 1.40 bits per heavy atom. The van der Waals surface area contributed by atoms with Crippen LogP contribution in [0.4, 0.5) is 8.78 Å². The zero-order chi connectivity index (χ0) is 14.2. The number of carbonyl (C=O) groups is 1. The topological polar surface area (TPSA) is 55.1 Å². The SMILES string of the molecule is CC(C)(N)CNC(=O)C1CC1c1c(F)cccc1F.Cl. The third-order valence-electron chi connectivity index (χ3n) is 3.22. The Hall–Kier alpha value is -1.20. The van der Waals surface area contributed by atoms with Gasteiger partial charge in [0.05, 0.1) is 0 Å². The smallest absolute Gasteiger partial charge is 0.223 e. The highest BCUT2D eigenvalue weighted by Gasteiger charge is 2.46. The molecule has 2 rings (SSSR count). The zero-order valence-corrected chi connectivity index (χ0v) is 12.3. The summed E-state index contributed by atoms with van der Waals surface area (Å²) in [5, 5.41) is 2.71. The van der Waals surface area contributed by atoms with Gasteiger partial charge < -0.3 is 11.1 Å². The summed E-state index contributed by atoms with van der Waals surface area (Å²) in [4.78, 5) is 11.8. The molecule has 1 aliphatic rings. The van der Waals surface area contributed by atoms with Gasteiger partial charge in [-0.05, 0) is 32.4 Å². The lowest BCUT2D eigenvalue weighted by molar-refractivity contribution is -0.122. The van der Waals surface area contributed by atoms with Crippen LogP contribution in [0.5, 0.6) is 0 Å². The monoisotopic (exact) mass is 304 g/mol. The van der Waals surface area contributed by atoms with Crippen molar-refractivity contribution in [2.24, 2.45) is 11.7 Å². The molecule has 1 saturated carbocycles. The Balaban J connectivity index is 0.00000200. The van der Waals surface area contributed by atoms with E-state index in [0.29, 0.717) is 13.0 Å². The van der Waals surface area contributed by atoms with Gasteiger partial charge in [0.2, 0.25) is 5.91 Å². The maximum atomic E-state index is 13.6. The molecule has 0 radical (unpaired) electrons. The molecule has 2 unspecified atom stereocenters. The predicted octanol–water partition coefficient (Wildman–Crippen LogP) is 2.34. The van der Waals surface area contributed by atoms with Crippen LogP contribution in [0.1, 0.15) is 31.7 Å². The molecule has 0 aliphatic heterocycles. The van der Waals surface area contributed by atoms with Crippen LogP contribution in [-0.2, 0) is 4.79 Å². The summed E-state index contributed by atoms with van der Waals surface area (Å²) < 4.78 is 27.1. The second-order valence-corrected chi connectivity index (χ2v) is 5.79. The fourth-order valence-electron chi connectivity index (χ4n) is 2.11. The lowest BCUT2D eigenvalue weighted by Crippen LogP contribution is -2.45. The van der Waals surface area contributed by atoms with E-state index in [1.165, 1.54) is 18.2 Å². The Morgan fingerprint density at radius 3 is 2.45 bits per heavy atom. The zero-order valence-electron chi connectivity index (χ0n) is 11.5. The molecule has 1 amide bonds. The van der Waals surface area contributed by atoms with Gasteiger partial charge in [-0.3, -0.25) is 4.79 Å². The van der Waals surface area contributed by atoms with E-state index < -0.39 is 17.2 Å². The lowest BCUT2D eigenvalue weighted by atomic mass is 10.1. The van der Waals surface area contributed by atoms with Crippen LogP contribution < -0.4 is 11.1 Å². The summed E-state index contributed by atoms with van der Waals surface area (Å²) in [6.07, 6.45) is 0.481. The summed E-state index contributed by atoms with van der Waals surface area (Å²) in [6, 6.07) is 3.76. The number of benzene rings is 1. The van der Waals surface area contributed by atoms with E-state index in [9.17, 15) is 13.6 Å². The van der Waals surface area contributed by atoms with Crippen molar-refractivity contribution in [3.8, 4) is 0 Å². The first kappa shape index (κ1) is 16.9. The minimum absolute atomic E-state index is 0. The van der Waals surface area contributed by atoms with Gasteiger partial charge in [0.1, 0.15) is 11.6 Å². The van der Waals surface area contributed by atoms with E-state index in [1.54, 1.807) is 13.8 Å². The third-order valence-corrected chi connectivity index (χ3v) is 3.22. The van der Waals surface area contributed by atoms with E-state index in [1.807, 2.05) is 0 Å². The normalized spacial score (nSPS) is 21.1. The Kier molecular flexibility index (Phi) is 5.10. The lowest BCUT2D eigenvalue weighted by Gasteiger charge is -2.18. The molecule has 3 N–H and O–H groups in total. The van der Waals surface area contributed by atoms with Gasteiger partial charge in [0.15, 0.2) is 0 Å². The molecule has 112 valence electrons. The van der Waals surface area contributed by atoms with Crippen molar-refractivity contribution in [3.05, 3.63) is 35.4 Å². The van der Waals surface area contributed by atoms with Crippen molar-refractivity contribution < 1.29 is 13.6 Å². The second-order valence-electron chi connectivity index (χ2n) is 5.79. The Bertz CT molecular complexity index is 482. The molecule has 0 aromatic heterocycles. The summed E-state index contributed by atoms with van der Waals surface area (Å²) >= 11 is 0. The van der Waals surface area contributed by atoms with Crippen LogP contribution in [0, 0.1) is 17.6 Å². The van der Waals surface area contributed by atoms with Gasteiger partial charge in [-0.1, -0.05) is 6.07 Å². The average molecular weight is 305 g/mol. The summed E-state index contributed by atoms with van der Waals surface area (Å²) in [5.41, 5.74) is 5.29. The molecule has 0 saturated heterocycles. The standard InChI is InChI=1S/C14H18F2N2O.ClH/c1-14(2,17)7-18-13(19)9-6-8(9)12-10(15)4-3-5-11(12)16;/h3-5,8-9H,6-7,17H2,1-2H3,(H,18,19);1H. The molecule has 1 aromatic rings. The van der Waals surface area contributed by atoms with Crippen LogP contribution in [0.2, 0.25) is 0 Å². The van der Waals surface area contributed by atoms with Crippen molar-refractivity contribution in [2.45, 2.75) is 31.7 Å². The molecular weight excluding hydrogens is 286 g/mol. The van der Waals surface area contributed by atoms with Crippen LogP contribution in [0.25, 0.3) is 0 Å². The number of rotatable bonds is 4. The first-order valence-corrected chi connectivity index (χ1v) is 6.30. The minimum atomic E-state index is -0.584. The van der Waals surface area contributed by atoms with Crippen molar-refractivity contribution in [1.29, 1.82) is 0 Å². The number of nitrogens with one attached hydrogen (secondary N) is 1. The first-order chi connectivity index (χ1) is 8.79. The molecular formula is C14H19ClF2N2O. The highest BCUT2D eigenvalue weighted by atomic mass is 35.5. The third kappa shape index (κ3) is 3.90. The molecule has 20 heavy (non-hydrogen) atoms. The molecule has 0 heterocycles. The maximum absolute atomic E-state index is 13.6. The summed E-state index contributed by atoms with van der Waals surface area (Å²) in [6.45, 7) is 3.94. The largest absolute Gasteiger partial charge is 0.354 e. The molecule has 0 spiro atoms. The van der Waals surface area contributed by atoms with E-state index in [4.69, 9.17) is 5.73 Å². The number of nitrogens with two attached hydrogens (primary N) is 1. The van der Waals surface area contributed by atoms with Gasteiger partial charge in [0, 0.05) is 29.5 Å². The molecule has 1 fully saturated rings. The molecule has 6 heteroatoms. The van der Waals surface area contributed by atoms with Crippen molar-refractivity contribution >= 4 is 18.3 Å². The quantitative estimate of drug-likeness (QED) is 0.897. The number of hydrogen-bond acceptors (Lipinski definition) is 2. The maximum Gasteiger partial charge on any atom is 0.223 e. The Labute approximate surface area is 123 Å².